The SMILES string of the molecule is Cc1ccc(C(=O)NCc2cccc(Cl)c2)c(C)c1. The molecule has 0 unspecified atom stereocenters. The molecule has 0 saturated heterocycles. The summed E-state index contributed by atoms with van der Waals surface area (Å²) in [4.78, 5) is 12.1. The summed E-state index contributed by atoms with van der Waals surface area (Å²) in [5.74, 6) is -0.0579. The number of benzene rings is 2. The lowest BCUT2D eigenvalue weighted by Crippen LogP contribution is -2.23. The third-order valence-corrected chi connectivity index (χ3v) is 3.20. The number of nitrogens with one attached hydrogen (secondary N) is 1. The van der Waals surface area contributed by atoms with Crippen molar-refractivity contribution in [2.75, 3.05) is 0 Å². The first-order valence-corrected chi connectivity index (χ1v) is 6.54. The van der Waals surface area contributed by atoms with Crippen LogP contribution in [0.3, 0.4) is 0 Å². The van der Waals surface area contributed by atoms with Crippen LogP contribution in [0.15, 0.2) is 42.5 Å². The van der Waals surface area contributed by atoms with Crippen LogP contribution in [-0.4, -0.2) is 5.91 Å². The molecule has 2 aromatic rings. The van der Waals surface area contributed by atoms with E-state index < -0.39 is 0 Å². The Labute approximate surface area is 118 Å². The van der Waals surface area contributed by atoms with Crippen molar-refractivity contribution in [3.05, 3.63) is 69.7 Å². The summed E-state index contributed by atoms with van der Waals surface area (Å²) in [6.07, 6.45) is 0. The van der Waals surface area contributed by atoms with Crippen LogP contribution < -0.4 is 5.32 Å². The second-order valence-corrected chi connectivity index (χ2v) is 5.07. The molecular formula is C16H16ClNO. The van der Waals surface area contributed by atoms with Crippen LogP contribution >= 0.6 is 11.6 Å². The predicted molar refractivity (Wildman–Crippen MR) is 78.5 cm³/mol. The third-order valence-electron chi connectivity index (χ3n) is 2.97. The maximum absolute atomic E-state index is 12.1. The molecule has 19 heavy (non-hydrogen) atoms. The summed E-state index contributed by atoms with van der Waals surface area (Å²) in [7, 11) is 0. The quantitative estimate of drug-likeness (QED) is 0.903. The summed E-state index contributed by atoms with van der Waals surface area (Å²) < 4.78 is 0. The van der Waals surface area contributed by atoms with Crippen LogP contribution in [0, 0.1) is 13.8 Å². The number of rotatable bonds is 3. The molecule has 0 radical (unpaired) electrons. The van der Waals surface area contributed by atoms with Gasteiger partial charge in [0.15, 0.2) is 0 Å². The van der Waals surface area contributed by atoms with Gasteiger partial charge in [0.1, 0.15) is 0 Å². The van der Waals surface area contributed by atoms with Crippen LogP contribution in [0.4, 0.5) is 0 Å². The van der Waals surface area contributed by atoms with Gasteiger partial charge >= 0.3 is 0 Å². The minimum Gasteiger partial charge on any atom is -0.348 e. The molecule has 1 amide bonds. The summed E-state index contributed by atoms with van der Waals surface area (Å²) in [5.41, 5.74) is 3.85. The number of amides is 1. The zero-order valence-corrected chi connectivity index (χ0v) is 11.8. The molecule has 0 atom stereocenters. The number of aryl methyl sites for hydroxylation is 2. The first-order valence-electron chi connectivity index (χ1n) is 6.16. The van der Waals surface area contributed by atoms with Gasteiger partial charge < -0.3 is 5.32 Å². The fourth-order valence-corrected chi connectivity index (χ4v) is 2.21. The Morgan fingerprint density at radius 2 is 1.95 bits per heavy atom. The van der Waals surface area contributed by atoms with Crippen LogP contribution in [0.5, 0.6) is 0 Å². The second kappa shape index (κ2) is 5.89. The fourth-order valence-electron chi connectivity index (χ4n) is 1.99. The van der Waals surface area contributed by atoms with Crippen molar-refractivity contribution in [2.24, 2.45) is 0 Å². The second-order valence-electron chi connectivity index (χ2n) is 4.63. The zero-order valence-electron chi connectivity index (χ0n) is 11.0. The molecule has 0 fully saturated rings. The highest BCUT2D eigenvalue weighted by Crippen LogP contribution is 2.12. The van der Waals surface area contributed by atoms with E-state index in [4.69, 9.17) is 11.6 Å². The number of hydrogen-bond acceptors (Lipinski definition) is 1. The fraction of sp³-hybridized carbons (Fsp3) is 0.188. The van der Waals surface area contributed by atoms with Crippen molar-refractivity contribution in [3.8, 4) is 0 Å². The summed E-state index contributed by atoms with van der Waals surface area (Å²) in [6, 6.07) is 13.3. The molecule has 2 rings (SSSR count). The van der Waals surface area contributed by atoms with Crippen molar-refractivity contribution < 1.29 is 4.79 Å². The standard InChI is InChI=1S/C16H16ClNO/c1-11-6-7-15(12(2)8-11)16(19)18-10-13-4-3-5-14(17)9-13/h3-9H,10H2,1-2H3,(H,18,19). The molecule has 2 aromatic carbocycles. The first kappa shape index (κ1) is 13.6. The zero-order chi connectivity index (χ0) is 13.8. The number of carbonyl (C=O) groups excluding carboxylic acids is 1. The van der Waals surface area contributed by atoms with Gasteiger partial charge in [0.2, 0.25) is 0 Å². The van der Waals surface area contributed by atoms with Gasteiger partial charge in [-0.1, -0.05) is 41.4 Å². The van der Waals surface area contributed by atoms with E-state index in [0.29, 0.717) is 17.1 Å². The van der Waals surface area contributed by atoms with Crippen molar-refractivity contribution in [1.82, 2.24) is 5.32 Å². The first-order chi connectivity index (χ1) is 9.06. The van der Waals surface area contributed by atoms with Gasteiger partial charge in [-0.25, -0.2) is 0 Å². The van der Waals surface area contributed by atoms with Gasteiger partial charge in [0, 0.05) is 17.1 Å². The minimum atomic E-state index is -0.0579. The molecule has 98 valence electrons. The van der Waals surface area contributed by atoms with Gasteiger partial charge in [-0.3, -0.25) is 4.79 Å². The van der Waals surface area contributed by atoms with Crippen molar-refractivity contribution in [3.63, 3.8) is 0 Å². The molecule has 0 aliphatic heterocycles. The lowest BCUT2D eigenvalue weighted by Gasteiger charge is -2.08. The summed E-state index contributed by atoms with van der Waals surface area (Å²) in [6.45, 7) is 4.44. The molecule has 0 aliphatic rings. The maximum atomic E-state index is 12.1. The van der Waals surface area contributed by atoms with E-state index in [-0.39, 0.29) is 5.91 Å². The number of carbonyl (C=O) groups is 1. The minimum absolute atomic E-state index is 0.0579. The molecule has 0 saturated carbocycles. The molecule has 2 nitrogen and oxygen atoms in total. The van der Waals surface area contributed by atoms with E-state index in [1.165, 1.54) is 0 Å². The predicted octanol–water partition coefficient (Wildman–Crippen LogP) is 3.89. The molecule has 0 bridgehead atoms. The van der Waals surface area contributed by atoms with Gasteiger partial charge in [-0.15, -0.1) is 0 Å². The normalized spacial score (nSPS) is 10.3. The maximum Gasteiger partial charge on any atom is 0.251 e. The summed E-state index contributed by atoms with van der Waals surface area (Å²) >= 11 is 5.91. The van der Waals surface area contributed by atoms with E-state index in [0.717, 1.165) is 16.7 Å². The monoisotopic (exact) mass is 273 g/mol. The number of halogens is 1. The smallest absolute Gasteiger partial charge is 0.251 e. The molecule has 0 aliphatic carbocycles. The van der Waals surface area contributed by atoms with Crippen molar-refractivity contribution in [1.29, 1.82) is 0 Å². The van der Waals surface area contributed by atoms with E-state index >= 15 is 0 Å². The van der Waals surface area contributed by atoms with Crippen LogP contribution in [0.2, 0.25) is 5.02 Å². The van der Waals surface area contributed by atoms with Crippen LogP contribution in [0.1, 0.15) is 27.0 Å². The van der Waals surface area contributed by atoms with E-state index in [9.17, 15) is 4.79 Å². The largest absolute Gasteiger partial charge is 0.348 e. The highest BCUT2D eigenvalue weighted by Gasteiger charge is 2.08. The Hall–Kier alpha value is -1.80. The van der Waals surface area contributed by atoms with Gasteiger partial charge in [0.25, 0.3) is 5.91 Å². The van der Waals surface area contributed by atoms with Crippen LogP contribution in [0.25, 0.3) is 0 Å². The summed E-state index contributed by atoms with van der Waals surface area (Å²) in [5, 5.41) is 3.58. The Balaban J connectivity index is 2.05. The van der Waals surface area contributed by atoms with Crippen molar-refractivity contribution in [2.45, 2.75) is 20.4 Å². The van der Waals surface area contributed by atoms with Gasteiger partial charge in [-0.2, -0.15) is 0 Å². The molecule has 0 heterocycles. The Morgan fingerprint density at radius 1 is 1.16 bits per heavy atom. The molecule has 3 heteroatoms. The highest BCUT2D eigenvalue weighted by atomic mass is 35.5. The lowest BCUT2D eigenvalue weighted by atomic mass is 10.1. The average Bonchev–Trinajstić information content (AvgIpc) is 2.36. The Kier molecular flexibility index (Phi) is 4.23. The van der Waals surface area contributed by atoms with E-state index in [1.807, 2.05) is 56.3 Å². The van der Waals surface area contributed by atoms with Crippen molar-refractivity contribution >= 4 is 17.5 Å². The van der Waals surface area contributed by atoms with E-state index in [2.05, 4.69) is 5.32 Å². The van der Waals surface area contributed by atoms with Gasteiger partial charge in [0.05, 0.1) is 0 Å². The highest BCUT2D eigenvalue weighted by molar-refractivity contribution is 6.30. The van der Waals surface area contributed by atoms with E-state index in [1.54, 1.807) is 0 Å². The third kappa shape index (κ3) is 3.58. The molecular weight excluding hydrogens is 258 g/mol. The Bertz CT molecular complexity index is 607. The molecule has 1 N–H and O–H groups in total. The lowest BCUT2D eigenvalue weighted by molar-refractivity contribution is 0.0950. The topological polar surface area (TPSA) is 29.1 Å². The molecule has 0 spiro atoms. The Morgan fingerprint density at radius 3 is 2.63 bits per heavy atom. The van der Waals surface area contributed by atoms with Gasteiger partial charge in [-0.05, 0) is 43.2 Å². The number of hydrogen-bond donors (Lipinski definition) is 1. The molecule has 0 aromatic heterocycles. The average molecular weight is 274 g/mol. The van der Waals surface area contributed by atoms with Crippen LogP contribution in [-0.2, 0) is 6.54 Å².